The third-order valence-electron chi connectivity index (χ3n) is 2.25. The summed E-state index contributed by atoms with van der Waals surface area (Å²) in [5.74, 6) is 0. The van der Waals surface area contributed by atoms with E-state index in [1.165, 1.54) is 0 Å². The second-order valence-corrected chi connectivity index (χ2v) is 5.76. The van der Waals surface area contributed by atoms with Gasteiger partial charge in [0.1, 0.15) is 0 Å². The SMILES string of the molecule is CCCc1nc(Cn2cncc(I)c2=O)cs1. The molecule has 0 amide bonds. The molecule has 4 nitrogen and oxygen atoms in total. The van der Waals surface area contributed by atoms with E-state index in [0.29, 0.717) is 10.1 Å². The third-order valence-corrected chi connectivity index (χ3v) is 3.95. The van der Waals surface area contributed by atoms with Gasteiger partial charge in [-0.25, -0.2) is 9.97 Å². The number of aryl methyl sites for hydroxylation is 1. The highest BCUT2D eigenvalue weighted by Gasteiger charge is 2.05. The first kappa shape index (κ1) is 12.7. The Morgan fingerprint density at radius 2 is 2.35 bits per heavy atom. The molecule has 0 aliphatic heterocycles. The molecule has 0 spiro atoms. The van der Waals surface area contributed by atoms with Crippen LogP contribution in [0.4, 0.5) is 0 Å². The van der Waals surface area contributed by atoms with Gasteiger partial charge in [0.2, 0.25) is 0 Å². The first-order valence-corrected chi connectivity index (χ1v) is 7.29. The van der Waals surface area contributed by atoms with Gasteiger partial charge in [0.15, 0.2) is 0 Å². The number of aromatic nitrogens is 3. The van der Waals surface area contributed by atoms with Gasteiger partial charge in [0.05, 0.1) is 27.1 Å². The van der Waals surface area contributed by atoms with Gasteiger partial charge in [-0.2, -0.15) is 0 Å². The van der Waals surface area contributed by atoms with Crippen molar-refractivity contribution in [1.82, 2.24) is 14.5 Å². The fourth-order valence-corrected chi connectivity index (χ4v) is 2.82. The first-order valence-electron chi connectivity index (χ1n) is 5.34. The first-order chi connectivity index (χ1) is 8.20. The van der Waals surface area contributed by atoms with Gasteiger partial charge >= 0.3 is 0 Å². The van der Waals surface area contributed by atoms with Crippen molar-refractivity contribution >= 4 is 33.9 Å². The monoisotopic (exact) mass is 361 g/mol. The summed E-state index contributed by atoms with van der Waals surface area (Å²) >= 11 is 3.65. The Kier molecular flexibility index (Phi) is 4.27. The summed E-state index contributed by atoms with van der Waals surface area (Å²) in [5.41, 5.74) is 0.926. The summed E-state index contributed by atoms with van der Waals surface area (Å²) in [6, 6.07) is 0. The molecule has 17 heavy (non-hydrogen) atoms. The fourth-order valence-electron chi connectivity index (χ4n) is 1.46. The van der Waals surface area contributed by atoms with Crippen LogP contribution >= 0.6 is 33.9 Å². The summed E-state index contributed by atoms with van der Waals surface area (Å²) in [4.78, 5) is 20.3. The average molecular weight is 361 g/mol. The van der Waals surface area contributed by atoms with Crippen LogP contribution < -0.4 is 5.56 Å². The van der Waals surface area contributed by atoms with Crippen molar-refractivity contribution in [2.45, 2.75) is 26.3 Å². The fraction of sp³-hybridized carbons (Fsp3) is 0.364. The zero-order valence-electron chi connectivity index (χ0n) is 9.39. The van der Waals surface area contributed by atoms with Crippen LogP contribution in [0.1, 0.15) is 24.0 Å². The van der Waals surface area contributed by atoms with E-state index < -0.39 is 0 Å². The number of hydrogen-bond donors (Lipinski definition) is 0. The molecule has 0 aliphatic rings. The maximum Gasteiger partial charge on any atom is 0.267 e. The highest BCUT2D eigenvalue weighted by Crippen LogP contribution is 2.12. The summed E-state index contributed by atoms with van der Waals surface area (Å²) < 4.78 is 2.22. The molecule has 2 aromatic rings. The van der Waals surface area contributed by atoms with Gasteiger partial charge in [0.25, 0.3) is 5.56 Å². The third kappa shape index (κ3) is 3.12. The lowest BCUT2D eigenvalue weighted by Crippen LogP contribution is -2.23. The van der Waals surface area contributed by atoms with Crippen molar-refractivity contribution in [3.8, 4) is 0 Å². The van der Waals surface area contributed by atoms with Crippen LogP contribution in [0.3, 0.4) is 0 Å². The number of nitrogens with zero attached hydrogens (tertiary/aromatic N) is 3. The summed E-state index contributed by atoms with van der Waals surface area (Å²) in [5, 5.41) is 3.14. The molecule has 0 N–H and O–H groups in total. The Bertz CT molecular complexity index is 564. The molecular formula is C11H12IN3OS. The number of rotatable bonds is 4. The molecule has 2 aromatic heterocycles. The smallest absolute Gasteiger partial charge is 0.267 e. The average Bonchev–Trinajstić information content (AvgIpc) is 2.73. The summed E-state index contributed by atoms with van der Waals surface area (Å²) in [6.45, 7) is 2.64. The van der Waals surface area contributed by atoms with E-state index in [1.54, 1.807) is 28.4 Å². The van der Waals surface area contributed by atoms with Crippen LogP contribution in [-0.2, 0) is 13.0 Å². The molecule has 0 atom stereocenters. The quantitative estimate of drug-likeness (QED) is 0.786. The van der Waals surface area contributed by atoms with Crippen LogP contribution in [0, 0.1) is 3.57 Å². The lowest BCUT2D eigenvalue weighted by Gasteiger charge is -2.02. The molecule has 90 valence electrons. The second-order valence-electron chi connectivity index (χ2n) is 3.66. The normalized spacial score (nSPS) is 10.7. The Labute approximate surface area is 117 Å². The molecule has 6 heteroatoms. The number of halogens is 1. The lowest BCUT2D eigenvalue weighted by molar-refractivity contribution is 0.713. The van der Waals surface area contributed by atoms with Gasteiger partial charge in [-0.3, -0.25) is 9.36 Å². The van der Waals surface area contributed by atoms with Gasteiger partial charge in [-0.1, -0.05) is 6.92 Å². The molecular weight excluding hydrogens is 349 g/mol. The predicted molar refractivity (Wildman–Crippen MR) is 76.4 cm³/mol. The van der Waals surface area contributed by atoms with E-state index in [9.17, 15) is 4.79 Å². The van der Waals surface area contributed by atoms with Crippen LogP contribution in [0.2, 0.25) is 0 Å². The topological polar surface area (TPSA) is 47.8 Å². The number of thiazole rings is 1. The van der Waals surface area contributed by atoms with Crippen LogP contribution in [0.25, 0.3) is 0 Å². The Morgan fingerprint density at radius 3 is 3.12 bits per heavy atom. The van der Waals surface area contributed by atoms with E-state index in [-0.39, 0.29) is 5.56 Å². The molecule has 0 saturated heterocycles. The molecule has 0 aliphatic carbocycles. The molecule has 0 bridgehead atoms. The molecule has 0 unspecified atom stereocenters. The van der Waals surface area contributed by atoms with Crippen molar-refractivity contribution in [3.63, 3.8) is 0 Å². The minimum atomic E-state index is -0.00867. The van der Waals surface area contributed by atoms with Crippen molar-refractivity contribution in [2.24, 2.45) is 0 Å². The molecule has 2 rings (SSSR count). The predicted octanol–water partition coefficient (Wildman–Crippen LogP) is 2.31. The largest absolute Gasteiger partial charge is 0.292 e. The van der Waals surface area contributed by atoms with Crippen molar-refractivity contribution in [3.05, 3.63) is 42.5 Å². The minimum absolute atomic E-state index is 0.00867. The zero-order valence-corrected chi connectivity index (χ0v) is 12.4. The van der Waals surface area contributed by atoms with E-state index in [0.717, 1.165) is 23.5 Å². The van der Waals surface area contributed by atoms with Crippen molar-refractivity contribution in [2.75, 3.05) is 0 Å². The minimum Gasteiger partial charge on any atom is -0.292 e. The van der Waals surface area contributed by atoms with E-state index >= 15 is 0 Å². The van der Waals surface area contributed by atoms with Crippen LogP contribution in [0.15, 0.2) is 22.7 Å². The second kappa shape index (κ2) is 5.72. The highest BCUT2D eigenvalue weighted by molar-refractivity contribution is 14.1. The zero-order chi connectivity index (χ0) is 12.3. The van der Waals surface area contributed by atoms with E-state index in [1.807, 2.05) is 28.0 Å². The summed E-state index contributed by atoms with van der Waals surface area (Å²) in [6.07, 6.45) is 5.23. The Morgan fingerprint density at radius 1 is 1.53 bits per heavy atom. The van der Waals surface area contributed by atoms with E-state index in [4.69, 9.17) is 0 Å². The van der Waals surface area contributed by atoms with Crippen molar-refractivity contribution < 1.29 is 0 Å². The molecule has 0 fully saturated rings. The lowest BCUT2D eigenvalue weighted by atomic mass is 10.3. The standard InChI is InChI=1S/C11H12IN3OS/c1-2-3-10-14-8(6-17-10)5-15-7-13-4-9(12)11(15)16/h4,6-7H,2-3,5H2,1H3. The Balaban J connectivity index is 2.19. The number of hydrogen-bond acceptors (Lipinski definition) is 4. The molecule has 2 heterocycles. The maximum atomic E-state index is 11.8. The maximum absolute atomic E-state index is 11.8. The van der Waals surface area contributed by atoms with Crippen LogP contribution in [0.5, 0.6) is 0 Å². The molecule has 0 saturated carbocycles. The molecule has 0 aromatic carbocycles. The van der Waals surface area contributed by atoms with Gasteiger partial charge in [-0.05, 0) is 35.4 Å². The Hall–Kier alpha value is -0.760. The van der Waals surface area contributed by atoms with Crippen molar-refractivity contribution in [1.29, 1.82) is 0 Å². The van der Waals surface area contributed by atoms with Gasteiger partial charge in [-0.15, -0.1) is 11.3 Å². The van der Waals surface area contributed by atoms with Gasteiger partial charge in [0, 0.05) is 11.6 Å². The summed E-state index contributed by atoms with van der Waals surface area (Å²) in [7, 11) is 0. The van der Waals surface area contributed by atoms with E-state index in [2.05, 4.69) is 16.9 Å². The highest BCUT2D eigenvalue weighted by atomic mass is 127. The van der Waals surface area contributed by atoms with Gasteiger partial charge < -0.3 is 0 Å². The molecule has 0 radical (unpaired) electrons. The van der Waals surface area contributed by atoms with Crippen LogP contribution in [-0.4, -0.2) is 14.5 Å².